The quantitative estimate of drug-likeness (QED) is 0.585. The highest BCUT2D eigenvalue weighted by Gasteiger charge is 2.22. The topological polar surface area (TPSA) is 51.7 Å². The van der Waals surface area contributed by atoms with Gasteiger partial charge in [-0.1, -0.05) is 12.1 Å². The van der Waals surface area contributed by atoms with E-state index in [1.807, 2.05) is 23.1 Å². The number of halogens is 1. The molecule has 2 heterocycles. The van der Waals surface area contributed by atoms with Gasteiger partial charge in [0.15, 0.2) is 11.5 Å². The van der Waals surface area contributed by atoms with Crippen molar-refractivity contribution in [2.24, 2.45) is 0 Å². The Morgan fingerprint density at radius 3 is 2.62 bits per heavy atom. The highest BCUT2D eigenvalue weighted by atomic mass is 32.1. The maximum atomic E-state index is 13.0. The molecule has 5 nitrogen and oxygen atoms in total. The summed E-state index contributed by atoms with van der Waals surface area (Å²) in [5.74, 6) is 0.885. The predicted molar refractivity (Wildman–Crippen MR) is 110 cm³/mol. The van der Waals surface area contributed by atoms with Gasteiger partial charge in [-0.25, -0.2) is 9.37 Å². The molecule has 1 amide bonds. The third-order valence-electron chi connectivity index (χ3n) is 4.83. The summed E-state index contributed by atoms with van der Waals surface area (Å²) in [5.41, 5.74) is 2.21. The number of methoxy groups -OCH3 is 1. The van der Waals surface area contributed by atoms with Crippen LogP contribution in [0.25, 0.3) is 10.6 Å². The highest BCUT2D eigenvalue weighted by molar-refractivity contribution is 7.13. The lowest BCUT2D eigenvalue weighted by atomic mass is 10.2. The molecule has 2 aromatic carbocycles. The second-order valence-electron chi connectivity index (χ2n) is 6.82. The SMILES string of the molecule is COc1cc(-c2nc(C(=O)N3CCCC3)cs2)ccc1OCc1ccc(F)cc1. The Morgan fingerprint density at radius 2 is 1.90 bits per heavy atom. The van der Waals surface area contributed by atoms with Crippen LogP contribution in [0, 0.1) is 5.82 Å². The molecule has 0 atom stereocenters. The van der Waals surface area contributed by atoms with E-state index in [0.717, 1.165) is 42.1 Å². The largest absolute Gasteiger partial charge is 0.493 e. The van der Waals surface area contributed by atoms with Crippen LogP contribution >= 0.6 is 11.3 Å². The van der Waals surface area contributed by atoms with Gasteiger partial charge in [-0.05, 0) is 48.7 Å². The van der Waals surface area contributed by atoms with Gasteiger partial charge >= 0.3 is 0 Å². The van der Waals surface area contributed by atoms with Crippen LogP contribution in [-0.2, 0) is 6.61 Å². The maximum Gasteiger partial charge on any atom is 0.273 e. The Bertz CT molecular complexity index is 998. The minimum Gasteiger partial charge on any atom is -0.493 e. The fraction of sp³-hybridized carbons (Fsp3) is 0.273. The van der Waals surface area contributed by atoms with E-state index < -0.39 is 0 Å². The smallest absolute Gasteiger partial charge is 0.273 e. The average Bonchev–Trinajstić information content (AvgIpc) is 3.45. The summed E-state index contributed by atoms with van der Waals surface area (Å²) in [6.45, 7) is 1.92. The molecule has 1 aliphatic rings. The van der Waals surface area contributed by atoms with Crippen LogP contribution in [0.5, 0.6) is 11.5 Å². The van der Waals surface area contributed by atoms with Crippen LogP contribution in [0.1, 0.15) is 28.9 Å². The molecule has 0 unspecified atom stereocenters. The minimum atomic E-state index is -0.276. The van der Waals surface area contributed by atoms with E-state index in [9.17, 15) is 9.18 Å². The van der Waals surface area contributed by atoms with E-state index in [1.165, 1.54) is 23.5 Å². The third-order valence-corrected chi connectivity index (χ3v) is 5.73. The minimum absolute atomic E-state index is 0.00350. The average molecular weight is 412 g/mol. The first-order valence-corrected chi connectivity index (χ1v) is 10.3. The number of hydrogen-bond acceptors (Lipinski definition) is 5. The first-order valence-electron chi connectivity index (χ1n) is 9.44. The van der Waals surface area contributed by atoms with Crippen molar-refractivity contribution < 1.29 is 18.7 Å². The molecule has 3 aromatic rings. The van der Waals surface area contributed by atoms with Gasteiger partial charge in [0, 0.05) is 24.0 Å². The molecule has 1 saturated heterocycles. The van der Waals surface area contributed by atoms with Crippen molar-refractivity contribution in [1.82, 2.24) is 9.88 Å². The molecule has 0 radical (unpaired) electrons. The lowest BCUT2D eigenvalue weighted by Gasteiger charge is -2.13. The van der Waals surface area contributed by atoms with Gasteiger partial charge in [0.05, 0.1) is 7.11 Å². The van der Waals surface area contributed by atoms with Gasteiger partial charge in [-0.3, -0.25) is 4.79 Å². The number of nitrogens with zero attached hydrogens (tertiary/aromatic N) is 2. The van der Waals surface area contributed by atoms with E-state index in [1.54, 1.807) is 24.6 Å². The Hall–Kier alpha value is -2.93. The summed E-state index contributed by atoms with van der Waals surface area (Å²) in [4.78, 5) is 18.9. The van der Waals surface area contributed by atoms with E-state index in [4.69, 9.17) is 9.47 Å². The summed E-state index contributed by atoms with van der Waals surface area (Å²) in [6.07, 6.45) is 2.11. The van der Waals surface area contributed by atoms with Crippen molar-refractivity contribution in [2.75, 3.05) is 20.2 Å². The molecule has 0 spiro atoms. The number of ether oxygens (including phenoxy) is 2. The number of thiazole rings is 1. The third kappa shape index (κ3) is 4.40. The summed E-state index contributed by atoms with van der Waals surface area (Å²) >= 11 is 1.44. The lowest BCUT2D eigenvalue weighted by Crippen LogP contribution is -2.27. The summed E-state index contributed by atoms with van der Waals surface area (Å²) in [5, 5.41) is 2.57. The number of amides is 1. The number of carbonyl (C=O) groups excluding carboxylic acids is 1. The summed E-state index contributed by atoms with van der Waals surface area (Å²) in [6, 6.07) is 11.7. The number of likely N-dealkylation sites (tertiary alicyclic amines) is 1. The van der Waals surface area contributed by atoms with Crippen molar-refractivity contribution in [2.45, 2.75) is 19.4 Å². The molecule has 1 fully saturated rings. The van der Waals surface area contributed by atoms with E-state index in [2.05, 4.69) is 4.98 Å². The van der Waals surface area contributed by atoms with E-state index >= 15 is 0 Å². The van der Waals surface area contributed by atoms with Gasteiger partial charge in [0.1, 0.15) is 23.1 Å². The predicted octanol–water partition coefficient (Wildman–Crippen LogP) is 4.77. The molecule has 1 aromatic heterocycles. The molecule has 29 heavy (non-hydrogen) atoms. The van der Waals surface area contributed by atoms with Crippen molar-refractivity contribution >= 4 is 17.2 Å². The molecular weight excluding hydrogens is 391 g/mol. The van der Waals surface area contributed by atoms with Gasteiger partial charge in [-0.2, -0.15) is 0 Å². The van der Waals surface area contributed by atoms with E-state index in [0.29, 0.717) is 23.8 Å². The molecule has 7 heteroatoms. The zero-order valence-corrected chi connectivity index (χ0v) is 16.9. The van der Waals surface area contributed by atoms with Crippen molar-refractivity contribution in [3.8, 4) is 22.1 Å². The van der Waals surface area contributed by atoms with Crippen LogP contribution in [0.15, 0.2) is 47.8 Å². The summed E-state index contributed by atoms with van der Waals surface area (Å²) in [7, 11) is 1.58. The van der Waals surface area contributed by atoms with Crippen LogP contribution in [-0.4, -0.2) is 36.0 Å². The zero-order valence-electron chi connectivity index (χ0n) is 16.1. The van der Waals surface area contributed by atoms with E-state index in [-0.39, 0.29) is 11.7 Å². The first-order chi connectivity index (χ1) is 14.1. The second kappa shape index (κ2) is 8.61. The number of carbonyl (C=O) groups is 1. The first kappa shape index (κ1) is 19.4. The zero-order chi connectivity index (χ0) is 20.2. The molecule has 4 rings (SSSR count). The fourth-order valence-corrected chi connectivity index (χ4v) is 4.04. The monoisotopic (exact) mass is 412 g/mol. The van der Waals surface area contributed by atoms with Crippen LogP contribution in [0.4, 0.5) is 4.39 Å². The standard InChI is InChI=1S/C22H21FN2O3S/c1-27-20-12-16(6-9-19(20)28-13-15-4-7-17(23)8-5-15)21-24-18(14-29-21)22(26)25-10-2-3-11-25/h4-9,12,14H,2-3,10-11,13H2,1H3. The maximum absolute atomic E-state index is 13.0. The lowest BCUT2D eigenvalue weighted by molar-refractivity contribution is 0.0788. The van der Waals surface area contributed by atoms with Gasteiger partial charge < -0.3 is 14.4 Å². The highest BCUT2D eigenvalue weighted by Crippen LogP contribution is 2.34. The van der Waals surface area contributed by atoms with Crippen molar-refractivity contribution in [1.29, 1.82) is 0 Å². The van der Waals surface area contributed by atoms with Gasteiger partial charge in [-0.15, -0.1) is 11.3 Å². The number of aromatic nitrogens is 1. The second-order valence-corrected chi connectivity index (χ2v) is 7.68. The molecule has 0 saturated carbocycles. The number of rotatable bonds is 6. The Kier molecular flexibility index (Phi) is 5.76. The van der Waals surface area contributed by atoms with Gasteiger partial charge in [0.2, 0.25) is 0 Å². The molecule has 1 aliphatic heterocycles. The molecular formula is C22H21FN2O3S. The van der Waals surface area contributed by atoms with Crippen molar-refractivity contribution in [3.05, 3.63) is 64.9 Å². The van der Waals surface area contributed by atoms with Crippen LogP contribution < -0.4 is 9.47 Å². The Labute approximate surface area is 172 Å². The molecule has 0 N–H and O–H groups in total. The Balaban J connectivity index is 1.49. The summed E-state index contributed by atoms with van der Waals surface area (Å²) < 4.78 is 24.3. The number of benzene rings is 2. The van der Waals surface area contributed by atoms with Crippen LogP contribution in [0.2, 0.25) is 0 Å². The number of hydrogen-bond donors (Lipinski definition) is 0. The normalized spacial score (nSPS) is 13.5. The Morgan fingerprint density at radius 1 is 1.14 bits per heavy atom. The van der Waals surface area contributed by atoms with Crippen LogP contribution in [0.3, 0.4) is 0 Å². The molecule has 150 valence electrons. The van der Waals surface area contributed by atoms with Crippen molar-refractivity contribution in [3.63, 3.8) is 0 Å². The molecule has 0 aliphatic carbocycles. The molecule has 0 bridgehead atoms. The van der Waals surface area contributed by atoms with Gasteiger partial charge in [0.25, 0.3) is 5.91 Å². The fourth-order valence-electron chi connectivity index (χ4n) is 3.25.